The summed E-state index contributed by atoms with van der Waals surface area (Å²) >= 11 is 0. The molecule has 8 nitrogen and oxygen atoms in total. The Morgan fingerprint density at radius 2 is 1.64 bits per heavy atom. The lowest BCUT2D eigenvalue weighted by Crippen LogP contribution is -2.69. The Morgan fingerprint density at radius 1 is 0.977 bits per heavy atom. The number of hydrogen-bond donors (Lipinski definition) is 2. The molecule has 2 aromatic rings. The fourth-order valence-electron chi connectivity index (χ4n) is 8.30. The summed E-state index contributed by atoms with van der Waals surface area (Å²) < 4.78 is 17.9. The van der Waals surface area contributed by atoms with E-state index in [0.717, 1.165) is 5.56 Å². The smallest absolute Gasteiger partial charge is 0.338 e. The van der Waals surface area contributed by atoms with Crippen molar-refractivity contribution in [3.63, 3.8) is 0 Å². The Bertz CT molecular complexity index is 1470. The Kier molecular flexibility index (Phi) is 7.83. The molecule has 8 heteroatoms. The van der Waals surface area contributed by atoms with E-state index < -0.39 is 58.4 Å². The summed E-state index contributed by atoms with van der Waals surface area (Å²) in [6.45, 7) is 7.66. The molecular weight excluding hydrogens is 560 g/mol. The molecule has 0 aromatic heterocycles. The van der Waals surface area contributed by atoms with Crippen molar-refractivity contribution in [2.45, 2.75) is 89.8 Å². The van der Waals surface area contributed by atoms with Crippen LogP contribution in [0.15, 0.2) is 71.8 Å². The van der Waals surface area contributed by atoms with Gasteiger partial charge in [-0.1, -0.05) is 62.4 Å². The van der Waals surface area contributed by atoms with E-state index in [0.29, 0.717) is 36.2 Å². The normalized spacial score (nSPS) is 35.7. The molecule has 1 saturated heterocycles. The van der Waals surface area contributed by atoms with E-state index in [1.807, 2.05) is 44.2 Å². The molecule has 8 atom stereocenters. The Labute approximate surface area is 258 Å². The van der Waals surface area contributed by atoms with Crippen LogP contribution in [-0.2, 0) is 30.2 Å². The predicted octanol–water partition coefficient (Wildman–Crippen LogP) is 4.61. The van der Waals surface area contributed by atoms with E-state index in [4.69, 9.17) is 14.2 Å². The molecular formula is C36H42O8. The molecule has 2 saturated carbocycles. The second-order valence-electron chi connectivity index (χ2n) is 13.8. The summed E-state index contributed by atoms with van der Waals surface area (Å²) in [4.78, 5) is 40.9. The molecule has 234 valence electrons. The van der Waals surface area contributed by atoms with Crippen molar-refractivity contribution in [2.75, 3.05) is 6.61 Å². The zero-order chi connectivity index (χ0) is 31.4. The van der Waals surface area contributed by atoms with Gasteiger partial charge < -0.3 is 24.4 Å². The number of fused-ring (bicyclic) bond motifs is 5. The second-order valence-corrected chi connectivity index (χ2v) is 13.8. The van der Waals surface area contributed by atoms with Crippen molar-refractivity contribution >= 4 is 17.7 Å². The van der Waals surface area contributed by atoms with Crippen LogP contribution >= 0.6 is 0 Å². The fraction of sp³-hybridized carbons (Fsp3) is 0.528. The van der Waals surface area contributed by atoms with Crippen molar-refractivity contribution in [3.05, 3.63) is 82.9 Å². The summed E-state index contributed by atoms with van der Waals surface area (Å²) in [6, 6.07) is 18.3. The average Bonchev–Trinajstić information content (AvgIpc) is 2.99. The third-order valence-corrected chi connectivity index (χ3v) is 11.3. The zero-order valence-electron chi connectivity index (χ0n) is 25.8. The molecule has 2 aromatic carbocycles. The summed E-state index contributed by atoms with van der Waals surface area (Å²) in [5.41, 5.74) is -1.35. The molecule has 4 aliphatic rings. The number of hydrogen-bond acceptors (Lipinski definition) is 8. The predicted molar refractivity (Wildman–Crippen MR) is 161 cm³/mol. The first-order valence-electron chi connectivity index (χ1n) is 15.6. The van der Waals surface area contributed by atoms with E-state index in [9.17, 15) is 24.6 Å². The van der Waals surface area contributed by atoms with Gasteiger partial charge in [0.1, 0.15) is 18.3 Å². The lowest BCUT2D eigenvalue weighted by molar-refractivity contribution is -0.243. The summed E-state index contributed by atoms with van der Waals surface area (Å²) in [5, 5.41) is 24.5. The van der Waals surface area contributed by atoms with Gasteiger partial charge in [-0.25, -0.2) is 4.79 Å². The lowest BCUT2D eigenvalue weighted by Gasteiger charge is -2.62. The fourth-order valence-corrected chi connectivity index (χ4v) is 8.30. The third-order valence-electron chi connectivity index (χ3n) is 11.3. The first-order valence-corrected chi connectivity index (χ1v) is 15.6. The largest absolute Gasteiger partial charge is 0.458 e. The second kappa shape index (κ2) is 11.2. The number of benzene rings is 2. The Balaban J connectivity index is 1.34. The van der Waals surface area contributed by atoms with Gasteiger partial charge in [0.15, 0.2) is 5.78 Å². The van der Waals surface area contributed by atoms with Gasteiger partial charge in [-0.15, -0.1) is 0 Å². The van der Waals surface area contributed by atoms with Crippen LogP contribution in [0.3, 0.4) is 0 Å². The molecule has 4 unspecified atom stereocenters. The minimum atomic E-state index is -1.58. The molecule has 2 bridgehead atoms. The van der Waals surface area contributed by atoms with E-state index >= 15 is 0 Å². The molecule has 0 radical (unpaired) electrons. The van der Waals surface area contributed by atoms with Crippen LogP contribution in [-0.4, -0.2) is 64.6 Å². The van der Waals surface area contributed by atoms with E-state index in [2.05, 4.69) is 0 Å². The Hall–Kier alpha value is -3.33. The number of aliphatic hydroxyl groups is 2. The van der Waals surface area contributed by atoms with Crippen LogP contribution in [0.4, 0.5) is 0 Å². The van der Waals surface area contributed by atoms with Crippen LogP contribution in [0.25, 0.3) is 0 Å². The quantitative estimate of drug-likeness (QED) is 0.364. The van der Waals surface area contributed by atoms with Crippen LogP contribution in [0.1, 0.15) is 69.3 Å². The van der Waals surface area contributed by atoms with Crippen LogP contribution < -0.4 is 0 Å². The van der Waals surface area contributed by atoms with Gasteiger partial charge in [-0.2, -0.15) is 0 Å². The molecule has 1 aliphatic heterocycles. The van der Waals surface area contributed by atoms with Crippen molar-refractivity contribution in [1.29, 1.82) is 0 Å². The number of rotatable bonds is 6. The summed E-state index contributed by atoms with van der Waals surface area (Å²) in [6.07, 6.45) is -2.11. The Morgan fingerprint density at radius 3 is 2.27 bits per heavy atom. The van der Waals surface area contributed by atoms with Gasteiger partial charge in [0.25, 0.3) is 0 Å². The van der Waals surface area contributed by atoms with Gasteiger partial charge in [0, 0.05) is 30.6 Å². The lowest BCUT2D eigenvalue weighted by atomic mass is 9.47. The van der Waals surface area contributed by atoms with Crippen molar-refractivity contribution in [1.82, 2.24) is 0 Å². The molecule has 3 fully saturated rings. The van der Waals surface area contributed by atoms with Gasteiger partial charge >= 0.3 is 11.9 Å². The molecule has 1 heterocycles. The standard InChI is InChI=1S/C36H42O8/c1-21-27(43-29(37)16-15-22-11-7-5-8-12-22)19-36(41)18-25-24-20-42-26(24)17-28(44-33(40)23-13-9-6-10-14-23)35(25,4)32(39)31(38)30(21)34(36,2)3/h5-14,24-28,31,38,41H,15-20H2,1-4H3/t24-,25?,26+,27-,28?,31?,35?,36-/m0/s1. The number of aryl methyl sites for hydroxylation is 1. The molecule has 3 aliphatic carbocycles. The topological polar surface area (TPSA) is 119 Å². The van der Waals surface area contributed by atoms with Crippen LogP contribution in [0.2, 0.25) is 0 Å². The van der Waals surface area contributed by atoms with Crippen molar-refractivity contribution < 1.29 is 38.8 Å². The third kappa shape index (κ3) is 4.91. The molecule has 0 amide bonds. The van der Waals surface area contributed by atoms with Gasteiger partial charge in [0.05, 0.1) is 29.3 Å². The first-order chi connectivity index (χ1) is 20.9. The van der Waals surface area contributed by atoms with Crippen LogP contribution in [0.5, 0.6) is 0 Å². The maximum atomic E-state index is 14.6. The molecule has 44 heavy (non-hydrogen) atoms. The van der Waals surface area contributed by atoms with E-state index in [1.165, 1.54) is 0 Å². The highest BCUT2D eigenvalue weighted by Gasteiger charge is 2.68. The highest BCUT2D eigenvalue weighted by atomic mass is 16.6. The van der Waals surface area contributed by atoms with Gasteiger partial charge in [-0.3, -0.25) is 9.59 Å². The van der Waals surface area contributed by atoms with E-state index in [-0.39, 0.29) is 31.3 Å². The molecule has 6 rings (SSSR count). The first kappa shape index (κ1) is 30.7. The average molecular weight is 603 g/mol. The monoisotopic (exact) mass is 602 g/mol. The number of carbonyl (C=O) groups excluding carboxylic acids is 3. The van der Waals surface area contributed by atoms with Crippen molar-refractivity contribution in [3.8, 4) is 0 Å². The van der Waals surface area contributed by atoms with Gasteiger partial charge in [0.2, 0.25) is 0 Å². The molecule has 0 spiro atoms. The summed E-state index contributed by atoms with van der Waals surface area (Å²) in [7, 11) is 0. The number of esters is 2. The zero-order valence-corrected chi connectivity index (χ0v) is 25.8. The highest BCUT2D eigenvalue weighted by molar-refractivity contribution is 5.94. The maximum Gasteiger partial charge on any atom is 0.338 e. The number of ether oxygens (including phenoxy) is 3. The number of ketones is 1. The van der Waals surface area contributed by atoms with Gasteiger partial charge in [-0.05, 0) is 61.4 Å². The SMILES string of the molecule is CC1=C2C(O)C(=O)C3(C)C(OC(=O)c4ccccc4)C[C@H]4OC[C@H]4C3C[C@](O)(C[C@@H]1OC(=O)CCc1ccccc1)C2(C)C. The highest BCUT2D eigenvalue weighted by Crippen LogP contribution is 2.61. The number of carbonyl (C=O) groups is 3. The number of aliphatic hydroxyl groups excluding tert-OH is 1. The molecule has 2 N–H and O–H groups in total. The number of Topliss-reactive ketones (excluding diaryl/α,β-unsaturated/α-hetero) is 1. The van der Waals surface area contributed by atoms with Crippen LogP contribution in [0, 0.1) is 22.7 Å². The summed E-state index contributed by atoms with van der Waals surface area (Å²) in [5.74, 6) is -1.89. The minimum Gasteiger partial charge on any atom is -0.458 e. The minimum absolute atomic E-state index is 0.0527. The maximum absolute atomic E-state index is 14.6. The van der Waals surface area contributed by atoms with E-state index in [1.54, 1.807) is 44.2 Å². The van der Waals surface area contributed by atoms with Crippen molar-refractivity contribution in [2.24, 2.45) is 22.7 Å².